The molecule has 2 aromatic rings. The molecule has 0 unspecified atom stereocenters. The zero-order valence-electron chi connectivity index (χ0n) is 13.5. The van der Waals surface area contributed by atoms with E-state index >= 15 is 0 Å². The van der Waals surface area contributed by atoms with Crippen LogP contribution < -0.4 is 10.1 Å². The molecule has 2 rings (SSSR count). The zero-order valence-corrected chi connectivity index (χ0v) is 14.3. The molecule has 0 bridgehead atoms. The summed E-state index contributed by atoms with van der Waals surface area (Å²) in [6.07, 6.45) is 1.92. The quantitative estimate of drug-likeness (QED) is 0.434. The van der Waals surface area contributed by atoms with Gasteiger partial charge in [0.1, 0.15) is 5.75 Å². The van der Waals surface area contributed by atoms with Crippen LogP contribution in [0.4, 0.5) is 5.69 Å². The van der Waals surface area contributed by atoms with Crippen molar-refractivity contribution in [1.29, 1.82) is 0 Å². The summed E-state index contributed by atoms with van der Waals surface area (Å²) in [7, 11) is 1.52. The topological polar surface area (TPSA) is 55.4 Å². The van der Waals surface area contributed by atoms with Gasteiger partial charge in [0.15, 0.2) is 5.78 Å². The Hall–Kier alpha value is -2.33. The Kier molecular flexibility index (Phi) is 6.82. The standard InChI is InChI=1S/C19H20ClNO3/c1-24-18-11-10-15(13-16(18)17(22)9-5-6-12-20)21-19(23)14-7-3-2-4-8-14/h2-4,7-8,10-11,13H,5-6,9,12H2,1H3,(H,21,23). The largest absolute Gasteiger partial charge is 0.496 e. The number of methoxy groups -OCH3 is 1. The van der Waals surface area contributed by atoms with Gasteiger partial charge in [-0.1, -0.05) is 18.2 Å². The molecular formula is C19H20ClNO3. The summed E-state index contributed by atoms with van der Waals surface area (Å²) in [5.74, 6) is 0.801. The first-order valence-corrected chi connectivity index (χ1v) is 8.32. The number of carbonyl (C=O) groups excluding carboxylic acids is 2. The van der Waals surface area contributed by atoms with Gasteiger partial charge in [0.25, 0.3) is 5.91 Å². The monoisotopic (exact) mass is 345 g/mol. The molecular weight excluding hydrogens is 326 g/mol. The van der Waals surface area contributed by atoms with Crippen LogP contribution in [0.1, 0.15) is 40.0 Å². The predicted octanol–water partition coefficient (Wildman–Crippen LogP) is 4.54. The lowest BCUT2D eigenvalue weighted by Gasteiger charge is -2.11. The molecule has 5 heteroatoms. The molecule has 1 N–H and O–H groups in total. The maximum Gasteiger partial charge on any atom is 0.255 e. The summed E-state index contributed by atoms with van der Waals surface area (Å²) in [4.78, 5) is 24.6. The first-order chi connectivity index (χ1) is 11.7. The van der Waals surface area contributed by atoms with E-state index in [0.717, 1.165) is 12.8 Å². The van der Waals surface area contributed by atoms with Crippen LogP contribution in [0.15, 0.2) is 48.5 Å². The van der Waals surface area contributed by atoms with Gasteiger partial charge in [-0.05, 0) is 43.2 Å². The van der Waals surface area contributed by atoms with E-state index in [9.17, 15) is 9.59 Å². The van der Waals surface area contributed by atoms with Gasteiger partial charge in [-0.2, -0.15) is 0 Å². The number of nitrogens with one attached hydrogen (secondary N) is 1. The Morgan fingerprint density at radius 2 is 1.83 bits per heavy atom. The van der Waals surface area contributed by atoms with E-state index in [-0.39, 0.29) is 11.7 Å². The number of alkyl halides is 1. The van der Waals surface area contributed by atoms with Crippen LogP contribution in [0.25, 0.3) is 0 Å². The van der Waals surface area contributed by atoms with Gasteiger partial charge in [-0.25, -0.2) is 0 Å². The van der Waals surface area contributed by atoms with Crippen molar-refractivity contribution in [2.45, 2.75) is 19.3 Å². The molecule has 0 aliphatic carbocycles. The Balaban J connectivity index is 2.15. The van der Waals surface area contributed by atoms with Crippen LogP contribution in [-0.4, -0.2) is 24.7 Å². The van der Waals surface area contributed by atoms with Gasteiger partial charge < -0.3 is 10.1 Å². The van der Waals surface area contributed by atoms with Crippen LogP contribution in [0.2, 0.25) is 0 Å². The lowest BCUT2D eigenvalue weighted by Crippen LogP contribution is -2.12. The Morgan fingerprint density at radius 1 is 1.08 bits per heavy atom. The van der Waals surface area contributed by atoms with E-state index in [1.165, 1.54) is 7.11 Å². The number of hydrogen-bond acceptors (Lipinski definition) is 3. The van der Waals surface area contributed by atoms with E-state index in [2.05, 4.69) is 5.32 Å². The summed E-state index contributed by atoms with van der Waals surface area (Å²) in [5.41, 5.74) is 1.59. The predicted molar refractivity (Wildman–Crippen MR) is 96.3 cm³/mol. The highest BCUT2D eigenvalue weighted by molar-refractivity contribution is 6.17. The van der Waals surface area contributed by atoms with Gasteiger partial charge in [-0.15, -0.1) is 11.6 Å². The first-order valence-electron chi connectivity index (χ1n) is 7.79. The average molecular weight is 346 g/mol. The Labute approximate surface area is 146 Å². The lowest BCUT2D eigenvalue weighted by atomic mass is 10.0. The van der Waals surface area contributed by atoms with E-state index in [1.807, 2.05) is 6.07 Å². The molecule has 0 aromatic heterocycles. The molecule has 0 aliphatic heterocycles. The molecule has 0 saturated heterocycles. The van der Waals surface area contributed by atoms with Crippen molar-refractivity contribution >= 4 is 29.0 Å². The van der Waals surface area contributed by atoms with Crippen molar-refractivity contribution in [3.63, 3.8) is 0 Å². The number of unbranched alkanes of at least 4 members (excludes halogenated alkanes) is 1. The van der Waals surface area contributed by atoms with Crippen LogP contribution >= 0.6 is 11.6 Å². The van der Waals surface area contributed by atoms with Gasteiger partial charge in [0, 0.05) is 23.6 Å². The molecule has 4 nitrogen and oxygen atoms in total. The third-order valence-electron chi connectivity index (χ3n) is 3.58. The normalized spacial score (nSPS) is 10.2. The fraction of sp³-hybridized carbons (Fsp3) is 0.263. The van der Waals surface area contributed by atoms with Crippen molar-refractivity contribution in [1.82, 2.24) is 0 Å². The minimum absolute atomic E-state index is 0.0206. The van der Waals surface area contributed by atoms with Crippen LogP contribution in [-0.2, 0) is 0 Å². The SMILES string of the molecule is COc1ccc(NC(=O)c2ccccc2)cc1C(=O)CCCCCl. The van der Waals surface area contributed by atoms with E-state index in [0.29, 0.717) is 34.9 Å². The van der Waals surface area contributed by atoms with Crippen LogP contribution in [0, 0.1) is 0 Å². The molecule has 24 heavy (non-hydrogen) atoms. The maximum atomic E-state index is 12.4. The molecule has 126 valence electrons. The molecule has 0 fully saturated rings. The average Bonchev–Trinajstić information content (AvgIpc) is 2.62. The number of rotatable bonds is 8. The highest BCUT2D eigenvalue weighted by Gasteiger charge is 2.14. The smallest absolute Gasteiger partial charge is 0.255 e. The Bertz CT molecular complexity index is 701. The summed E-state index contributed by atoms with van der Waals surface area (Å²) in [5, 5.41) is 2.80. The molecule has 0 saturated carbocycles. The molecule has 0 spiro atoms. The third kappa shape index (κ3) is 4.83. The molecule has 0 radical (unpaired) electrons. The summed E-state index contributed by atoms with van der Waals surface area (Å²) >= 11 is 5.65. The second kappa shape index (κ2) is 9.08. The van der Waals surface area contributed by atoms with Crippen molar-refractivity contribution in [2.75, 3.05) is 18.3 Å². The van der Waals surface area contributed by atoms with Crippen molar-refractivity contribution < 1.29 is 14.3 Å². The number of halogens is 1. The van der Waals surface area contributed by atoms with E-state index in [4.69, 9.17) is 16.3 Å². The second-order valence-electron chi connectivity index (χ2n) is 5.30. The third-order valence-corrected chi connectivity index (χ3v) is 3.85. The van der Waals surface area contributed by atoms with Gasteiger partial charge >= 0.3 is 0 Å². The number of anilines is 1. The number of ether oxygens (including phenoxy) is 1. The minimum Gasteiger partial charge on any atom is -0.496 e. The van der Waals surface area contributed by atoms with Crippen molar-refractivity contribution in [2.24, 2.45) is 0 Å². The number of hydrogen-bond donors (Lipinski definition) is 1. The summed E-state index contributed by atoms with van der Waals surface area (Å²) in [6.45, 7) is 0. The van der Waals surface area contributed by atoms with Crippen molar-refractivity contribution in [3.8, 4) is 5.75 Å². The van der Waals surface area contributed by atoms with Crippen LogP contribution in [0.5, 0.6) is 5.75 Å². The lowest BCUT2D eigenvalue weighted by molar-refractivity contribution is 0.0974. The minimum atomic E-state index is -0.221. The van der Waals surface area contributed by atoms with Gasteiger partial charge in [0.2, 0.25) is 0 Å². The summed E-state index contributed by atoms with van der Waals surface area (Å²) < 4.78 is 5.26. The number of amides is 1. The highest BCUT2D eigenvalue weighted by Crippen LogP contribution is 2.25. The Morgan fingerprint density at radius 3 is 2.50 bits per heavy atom. The van der Waals surface area contributed by atoms with Crippen molar-refractivity contribution in [3.05, 3.63) is 59.7 Å². The first kappa shape index (κ1) is 18.0. The molecule has 0 heterocycles. The number of benzene rings is 2. The number of ketones is 1. The fourth-order valence-electron chi connectivity index (χ4n) is 2.31. The number of carbonyl (C=O) groups is 2. The summed E-state index contributed by atoms with van der Waals surface area (Å²) in [6, 6.07) is 14.0. The molecule has 2 aromatic carbocycles. The molecule has 0 atom stereocenters. The van der Waals surface area contributed by atoms with E-state index < -0.39 is 0 Å². The van der Waals surface area contributed by atoms with Crippen LogP contribution in [0.3, 0.4) is 0 Å². The zero-order chi connectivity index (χ0) is 17.4. The molecule has 0 aliphatic rings. The van der Waals surface area contributed by atoms with Gasteiger partial charge in [0.05, 0.1) is 12.7 Å². The van der Waals surface area contributed by atoms with Gasteiger partial charge in [-0.3, -0.25) is 9.59 Å². The second-order valence-corrected chi connectivity index (χ2v) is 5.68. The number of Topliss-reactive ketones (excluding diaryl/α,β-unsaturated/α-hetero) is 1. The highest BCUT2D eigenvalue weighted by atomic mass is 35.5. The maximum absolute atomic E-state index is 12.4. The van der Waals surface area contributed by atoms with E-state index in [1.54, 1.807) is 42.5 Å². The molecule has 1 amide bonds. The fourth-order valence-corrected chi connectivity index (χ4v) is 2.50.